The van der Waals surface area contributed by atoms with Crippen LogP contribution >= 0.6 is 35.3 Å². The molecule has 2 amide bonds. The minimum Gasteiger partial charge on any atom is -0.379 e. The van der Waals surface area contributed by atoms with E-state index in [1.807, 2.05) is 12.1 Å². The van der Waals surface area contributed by atoms with Gasteiger partial charge in [0.05, 0.1) is 30.0 Å². The molecular formula is C25H31Cl2N5O4S. The second-order valence-electron chi connectivity index (χ2n) is 9.47. The van der Waals surface area contributed by atoms with Crippen LogP contribution < -0.4 is 10.6 Å². The van der Waals surface area contributed by atoms with E-state index in [0.717, 1.165) is 41.0 Å². The lowest BCUT2D eigenvalue weighted by Crippen LogP contribution is -2.59. The molecule has 2 aliphatic rings. The Labute approximate surface area is 230 Å². The van der Waals surface area contributed by atoms with E-state index >= 15 is 0 Å². The second-order valence-corrected chi connectivity index (χ2v) is 11.0. The van der Waals surface area contributed by atoms with Gasteiger partial charge in [0, 0.05) is 54.5 Å². The summed E-state index contributed by atoms with van der Waals surface area (Å²) in [6.45, 7) is 1.74. The topological polar surface area (TPSA) is 109 Å². The summed E-state index contributed by atoms with van der Waals surface area (Å²) in [5.41, 5.74) is 2.26. The number of benzene rings is 1. The van der Waals surface area contributed by atoms with Gasteiger partial charge in [-0.15, -0.1) is 23.7 Å². The molecular weight excluding hydrogens is 537 g/mol. The number of methoxy groups -OCH3 is 2. The van der Waals surface area contributed by atoms with Crippen molar-refractivity contribution in [1.29, 1.82) is 0 Å². The van der Waals surface area contributed by atoms with E-state index in [1.54, 1.807) is 26.4 Å². The van der Waals surface area contributed by atoms with Gasteiger partial charge in [0.25, 0.3) is 11.8 Å². The number of carbonyl (C=O) groups is 2. The average molecular weight is 569 g/mol. The van der Waals surface area contributed by atoms with Crippen LogP contribution in [0.2, 0.25) is 5.02 Å². The summed E-state index contributed by atoms with van der Waals surface area (Å²) in [7, 11) is 5.33. The number of amides is 2. The Morgan fingerprint density at radius 2 is 1.78 bits per heavy atom. The minimum absolute atomic E-state index is 0. The first-order valence-electron chi connectivity index (χ1n) is 12.0. The molecule has 0 spiro atoms. The van der Waals surface area contributed by atoms with Crippen molar-refractivity contribution < 1.29 is 19.1 Å². The van der Waals surface area contributed by atoms with E-state index in [2.05, 4.69) is 32.5 Å². The summed E-state index contributed by atoms with van der Waals surface area (Å²) < 4.78 is 11.3. The highest BCUT2D eigenvalue weighted by Crippen LogP contribution is 2.28. The van der Waals surface area contributed by atoms with Crippen molar-refractivity contribution in [2.75, 3.05) is 27.8 Å². The molecule has 37 heavy (non-hydrogen) atoms. The monoisotopic (exact) mass is 567 g/mol. The molecule has 9 nitrogen and oxygen atoms in total. The molecule has 0 radical (unpaired) electrons. The Morgan fingerprint density at radius 1 is 1.11 bits per heavy atom. The maximum absolute atomic E-state index is 13.2. The number of H-pyrrole nitrogens is 1. The van der Waals surface area contributed by atoms with Gasteiger partial charge in [-0.1, -0.05) is 11.6 Å². The summed E-state index contributed by atoms with van der Waals surface area (Å²) in [6, 6.07) is 6.50. The molecule has 3 heterocycles. The maximum atomic E-state index is 13.2. The smallest absolute Gasteiger partial charge is 0.280 e. The first-order valence-corrected chi connectivity index (χ1v) is 13.2. The fourth-order valence-corrected chi connectivity index (χ4v) is 6.34. The SMILES string of the molecule is COC1CC(NC(=O)c2nc3c(s2)CN(C)CC3)C(NC(=O)c2cc3cc(Cl)ccc3[nH]2)C[C@H]1OC.Cl. The second kappa shape index (κ2) is 11.7. The number of hydrogen-bond donors (Lipinski definition) is 3. The van der Waals surface area contributed by atoms with Gasteiger partial charge in [-0.25, -0.2) is 4.98 Å². The van der Waals surface area contributed by atoms with E-state index < -0.39 is 0 Å². The number of likely N-dealkylation sites (N-methyl/N-ethyl adjacent to an activating group) is 1. The number of nitrogens with one attached hydrogen (secondary N) is 3. The molecule has 0 saturated heterocycles. The molecule has 1 aliphatic carbocycles. The molecule has 1 saturated carbocycles. The molecule has 200 valence electrons. The van der Waals surface area contributed by atoms with E-state index in [0.29, 0.717) is 28.6 Å². The predicted octanol–water partition coefficient (Wildman–Crippen LogP) is 3.41. The quantitative estimate of drug-likeness (QED) is 0.421. The van der Waals surface area contributed by atoms with Crippen molar-refractivity contribution in [1.82, 2.24) is 25.5 Å². The zero-order valence-electron chi connectivity index (χ0n) is 20.9. The molecule has 1 aromatic carbocycles. The van der Waals surface area contributed by atoms with Crippen LogP contribution in [0.15, 0.2) is 24.3 Å². The number of ether oxygens (including phenoxy) is 2. The molecule has 2 aromatic heterocycles. The average Bonchev–Trinajstić information content (AvgIpc) is 3.48. The van der Waals surface area contributed by atoms with Crippen LogP contribution in [0.4, 0.5) is 0 Å². The molecule has 12 heteroatoms. The van der Waals surface area contributed by atoms with Crippen molar-refractivity contribution in [2.24, 2.45) is 0 Å². The van der Waals surface area contributed by atoms with Gasteiger partial charge in [0.1, 0.15) is 5.69 Å². The number of thiazole rings is 1. The van der Waals surface area contributed by atoms with Gasteiger partial charge in [-0.3, -0.25) is 9.59 Å². The first-order chi connectivity index (χ1) is 17.3. The number of hydrogen-bond acceptors (Lipinski definition) is 7. The number of rotatable bonds is 6. The molecule has 1 fully saturated rings. The molecule has 4 atom stereocenters. The van der Waals surface area contributed by atoms with Crippen LogP contribution in [-0.2, 0) is 22.4 Å². The van der Waals surface area contributed by atoms with Crippen LogP contribution in [0.25, 0.3) is 10.9 Å². The normalized spacial score (nSPS) is 23.8. The Balaban J connectivity index is 0.00000320. The van der Waals surface area contributed by atoms with Gasteiger partial charge in [-0.05, 0) is 44.2 Å². The van der Waals surface area contributed by atoms with Gasteiger partial charge in [0.2, 0.25) is 0 Å². The third-order valence-electron chi connectivity index (χ3n) is 7.06. The van der Waals surface area contributed by atoms with E-state index in [1.165, 1.54) is 11.3 Å². The number of aromatic amines is 1. The van der Waals surface area contributed by atoms with Crippen molar-refractivity contribution in [3.05, 3.63) is 50.6 Å². The van der Waals surface area contributed by atoms with E-state index in [9.17, 15) is 9.59 Å². The summed E-state index contributed by atoms with van der Waals surface area (Å²) in [5.74, 6) is -0.489. The third kappa shape index (κ3) is 5.94. The lowest BCUT2D eigenvalue weighted by atomic mass is 9.85. The van der Waals surface area contributed by atoms with E-state index in [-0.39, 0.29) is 48.5 Å². The van der Waals surface area contributed by atoms with Crippen LogP contribution in [0.3, 0.4) is 0 Å². The standard InChI is InChI=1S/C25H30ClN5O4S.ClH/c1-31-7-6-16-22(12-31)36-25(30-16)24(33)29-18-11-21(35-3)20(34-2)10-17(18)28-23(32)19-9-13-8-14(26)4-5-15(13)27-19;/h4-5,8-9,17-18,20-21,27H,6-7,10-12H2,1-3H3,(H,28,32)(H,29,33);1H/t17?,18?,20-,21?;/m1./s1. The Hall–Kier alpha value is -2.21. The Morgan fingerprint density at radius 3 is 2.46 bits per heavy atom. The number of aromatic nitrogens is 2. The molecule has 5 rings (SSSR count). The fraction of sp³-hybridized carbons (Fsp3) is 0.480. The lowest BCUT2D eigenvalue weighted by Gasteiger charge is -2.40. The highest BCUT2D eigenvalue weighted by atomic mass is 35.5. The van der Waals surface area contributed by atoms with Crippen LogP contribution in [0.5, 0.6) is 0 Å². The Bertz CT molecular complexity index is 1280. The predicted molar refractivity (Wildman–Crippen MR) is 146 cm³/mol. The third-order valence-corrected chi connectivity index (χ3v) is 8.37. The van der Waals surface area contributed by atoms with Crippen LogP contribution in [0, 0.1) is 0 Å². The molecule has 1 aliphatic heterocycles. The summed E-state index contributed by atoms with van der Waals surface area (Å²) in [6.07, 6.45) is 1.42. The van der Waals surface area contributed by atoms with Gasteiger partial charge in [-0.2, -0.15) is 0 Å². The first kappa shape index (κ1) is 27.8. The van der Waals surface area contributed by atoms with Crippen molar-refractivity contribution >= 4 is 58.1 Å². The fourth-order valence-electron chi connectivity index (χ4n) is 5.07. The lowest BCUT2D eigenvalue weighted by molar-refractivity contribution is -0.0709. The van der Waals surface area contributed by atoms with Gasteiger partial charge < -0.3 is 30.0 Å². The van der Waals surface area contributed by atoms with Crippen molar-refractivity contribution in [3.8, 4) is 0 Å². The number of nitrogens with zero attached hydrogens (tertiary/aromatic N) is 2. The molecule has 3 N–H and O–H groups in total. The summed E-state index contributed by atoms with van der Waals surface area (Å²) in [5, 5.41) is 8.14. The van der Waals surface area contributed by atoms with Crippen LogP contribution in [-0.4, -0.2) is 78.8 Å². The summed E-state index contributed by atoms with van der Waals surface area (Å²) >= 11 is 7.53. The largest absolute Gasteiger partial charge is 0.379 e. The molecule has 0 bridgehead atoms. The van der Waals surface area contributed by atoms with Gasteiger partial charge >= 0.3 is 0 Å². The number of carbonyl (C=O) groups excluding carboxylic acids is 2. The highest BCUT2D eigenvalue weighted by Gasteiger charge is 2.40. The molecule has 3 unspecified atom stereocenters. The van der Waals surface area contributed by atoms with Crippen LogP contribution in [0.1, 0.15) is 43.7 Å². The van der Waals surface area contributed by atoms with Crippen molar-refractivity contribution in [3.63, 3.8) is 0 Å². The maximum Gasteiger partial charge on any atom is 0.280 e. The zero-order chi connectivity index (χ0) is 25.4. The van der Waals surface area contributed by atoms with E-state index in [4.69, 9.17) is 21.1 Å². The number of halogens is 2. The molecule has 3 aromatic rings. The van der Waals surface area contributed by atoms with Gasteiger partial charge in [0.15, 0.2) is 5.01 Å². The zero-order valence-corrected chi connectivity index (χ0v) is 23.3. The minimum atomic E-state index is -0.353. The highest BCUT2D eigenvalue weighted by molar-refractivity contribution is 7.13. The number of fused-ring (bicyclic) bond motifs is 2. The Kier molecular flexibility index (Phi) is 8.77. The summed E-state index contributed by atoms with van der Waals surface area (Å²) in [4.78, 5) is 37.5. The van der Waals surface area contributed by atoms with Crippen molar-refractivity contribution in [2.45, 2.75) is 50.1 Å².